The first-order valence-electron chi connectivity index (χ1n) is 8.20. The molecule has 2 N–H and O–H groups in total. The topological polar surface area (TPSA) is 97.5 Å². The predicted molar refractivity (Wildman–Crippen MR) is 103 cm³/mol. The minimum absolute atomic E-state index is 0.000358. The minimum Gasteiger partial charge on any atom is -0.504 e. The number of fused-ring (bicyclic) bond motifs is 1. The van der Waals surface area contributed by atoms with Crippen LogP contribution in [0.4, 0.5) is 11.6 Å². The second-order valence-electron chi connectivity index (χ2n) is 5.69. The molecule has 4 aromatic rings. The van der Waals surface area contributed by atoms with Crippen molar-refractivity contribution in [2.24, 2.45) is 5.10 Å². The zero-order valence-corrected chi connectivity index (χ0v) is 14.4. The van der Waals surface area contributed by atoms with Gasteiger partial charge in [0.25, 0.3) is 5.95 Å². The number of hydrogen-bond acceptors (Lipinski definition) is 7. The molecule has 0 aliphatic heterocycles. The van der Waals surface area contributed by atoms with Crippen LogP contribution in [-0.2, 0) is 0 Å². The number of aromatic nitrogens is 4. The third kappa shape index (κ3) is 3.28. The minimum atomic E-state index is 0.000358. The van der Waals surface area contributed by atoms with Crippen LogP contribution in [0.25, 0.3) is 10.8 Å². The lowest BCUT2D eigenvalue weighted by Crippen LogP contribution is -2.02. The Balaban J connectivity index is 1.64. The van der Waals surface area contributed by atoms with Gasteiger partial charge in [0.2, 0.25) is 0 Å². The molecule has 8 heteroatoms. The van der Waals surface area contributed by atoms with Crippen LogP contribution >= 0.6 is 0 Å². The normalized spacial score (nSPS) is 11.1. The van der Waals surface area contributed by atoms with Gasteiger partial charge in [0.1, 0.15) is 0 Å². The lowest BCUT2D eigenvalue weighted by atomic mass is 10.1. The standard InChI is InChI=1S/C19H16N6O2/c1-27-17-11-5-8-14(18(17)26)12-20-25-19(22-23-24-25)21-16-10-4-7-13-6-2-3-9-15(13)16/h2-12,26H,1H3,(H,21,22,24). The molecule has 0 atom stereocenters. The van der Waals surface area contributed by atoms with E-state index < -0.39 is 0 Å². The average Bonchev–Trinajstić information content (AvgIpc) is 3.14. The third-order valence-corrected chi connectivity index (χ3v) is 4.05. The lowest BCUT2D eigenvalue weighted by molar-refractivity contribution is 0.373. The molecule has 0 saturated heterocycles. The number of para-hydroxylation sites is 1. The Bertz CT molecular complexity index is 1120. The molecule has 8 nitrogen and oxygen atoms in total. The van der Waals surface area contributed by atoms with Crippen molar-refractivity contribution in [1.82, 2.24) is 20.3 Å². The number of ether oxygens (including phenoxy) is 1. The summed E-state index contributed by atoms with van der Waals surface area (Å²) >= 11 is 0. The summed E-state index contributed by atoms with van der Waals surface area (Å²) in [4.78, 5) is 1.25. The Hall–Kier alpha value is -3.94. The van der Waals surface area contributed by atoms with E-state index in [0.717, 1.165) is 16.5 Å². The highest BCUT2D eigenvalue weighted by Crippen LogP contribution is 2.28. The summed E-state index contributed by atoms with van der Waals surface area (Å²) in [5, 5.41) is 31.2. The average molecular weight is 360 g/mol. The van der Waals surface area contributed by atoms with Crippen LogP contribution in [0.3, 0.4) is 0 Å². The van der Waals surface area contributed by atoms with E-state index in [9.17, 15) is 5.11 Å². The summed E-state index contributed by atoms with van der Waals surface area (Å²) in [6.45, 7) is 0. The summed E-state index contributed by atoms with van der Waals surface area (Å²) in [6.07, 6.45) is 1.46. The summed E-state index contributed by atoms with van der Waals surface area (Å²) in [5.74, 6) is 0.718. The van der Waals surface area contributed by atoms with E-state index >= 15 is 0 Å². The number of tetrazole rings is 1. The molecular formula is C19H16N6O2. The molecule has 4 rings (SSSR count). The van der Waals surface area contributed by atoms with Gasteiger partial charge in [-0.3, -0.25) is 0 Å². The van der Waals surface area contributed by atoms with E-state index in [-0.39, 0.29) is 5.75 Å². The molecule has 0 aliphatic rings. The number of rotatable bonds is 5. The van der Waals surface area contributed by atoms with Gasteiger partial charge < -0.3 is 15.2 Å². The van der Waals surface area contributed by atoms with Crippen LogP contribution in [0.5, 0.6) is 11.5 Å². The van der Waals surface area contributed by atoms with Crippen molar-refractivity contribution in [2.45, 2.75) is 0 Å². The first-order valence-corrected chi connectivity index (χ1v) is 8.20. The Morgan fingerprint density at radius 2 is 1.89 bits per heavy atom. The lowest BCUT2D eigenvalue weighted by Gasteiger charge is -2.08. The number of benzene rings is 3. The Kier molecular flexibility index (Phi) is 4.36. The number of phenols is 1. The van der Waals surface area contributed by atoms with Crippen molar-refractivity contribution in [3.63, 3.8) is 0 Å². The zero-order chi connectivity index (χ0) is 18.6. The second-order valence-corrected chi connectivity index (χ2v) is 5.69. The van der Waals surface area contributed by atoms with E-state index in [1.807, 2.05) is 42.5 Å². The highest BCUT2D eigenvalue weighted by molar-refractivity contribution is 5.94. The summed E-state index contributed by atoms with van der Waals surface area (Å²) < 4.78 is 5.10. The number of hydrogen-bond donors (Lipinski definition) is 2. The number of aromatic hydroxyl groups is 1. The van der Waals surface area contributed by atoms with Crippen LogP contribution in [0, 0.1) is 0 Å². The smallest absolute Gasteiger partial charge is 0.269 e. The fourth-order valence-electron chi connectivity index (χ4n) is 2.72. The Morgan fingerprint density at radius 1 is 1.07 bits per heavy atom. The molecular weight excluding hydrogens is 344 g/mol. The molecule has 0 radical (unpaired) electrons. The fraction of sp³-hybridized carbons (Fsp3) is 0.0526. The number of nitrogens with one attached hydrogen (secondary N) is 1. The van der Waals surface area contributed by atoms with Crippen molar-refractivity contribution < 1.29 is 9.84 Å². The van der Waals surface area contributed by atoms with Crippen LogP contribution in [-0.4, -0.2) is 38.7 Å². The van der Waals surface area contributed by atoms with Gasteiger partial charge in [-0.15, -0.1) is 0 Å². The highest BCUT2D eigenvalue weighted by Gasteiger charge is 2.09. The zero-order valence-electron chi connectivity index (χ0n) is 14.4. The summed E-state index contributed by atoms with van der Waals surface area (Å²) in [7, 11) is 1.49. The van der Waals surface area contributed by atoms with E-state index in [4.69, 9.17) is 4.74 Å². The maximum atomic E-state index is 10.1. The van der Waals surface area contributed by atoms with Crippen molar-refractivity contribution >= 4 is 28.6 Å². The summed E-state index contributed by atoms with van der Waals surface area (Å²) in [6, 6.07) is 19.1. The molecule has 0 saturated carbocycles. The SMILES string of the molecule is COc1cccc(C=Nn2nnnc2Nc2cccc3ccccc23)c1O. The van der Waals surface area contributed by atoms with Crippen molar-refractivity contribution in [2.75, 3.05) is 12.4 Å². The van der Waals surface area contributed by atoms with Crippen LogP contribution in [0.2, 0.25) is 0 Å². The fourth-order valence-corrected chi connectivity index (χ4v) is 2.72. The Labute approximate surface area is 154 Å². The largest absolute Gasteiger partial charge is 0.504 e. The van der Waals surface area contributed by atoms with Gasteiger partial charge in [-0.25, -0.2) is 0 Å². The first-order chi connectivity index (χ1) is 13.3. The highest BCUT2D eigenvalue weighted by atomic mass is 16.5. The van der Waals surface area contributed by atoms with Gasteiger partial charge in [0.15, 0.2) is 11.5 Å². The van der Waals surface area contributed by atoms with Crippen LogP contribution in [0.15, 0.2) is 65.8 Å². The third-order valence-electron chi connectivity index (χ3n) is 4.05. The number of anilines is 2. The van der Waals surface area contributed by atoms with Crippen molar-refractivity contribution in [3.8, 4) is 11.5 Å². The van der Waals surface area contributed by atoms with Gasteiger partial charge in [-0.1, -0.05) is 52.4 Å². The molecule has 0 fully saturated rings. The first kappa shape index (κ1) is 16.5. The number of phenolic OH excluding ortho intramolecular Hbond substituents is 1. The monoisotopic (exact) mass is 360 g/mol. The van der Waals surface area contributed by atoms with Gasteiger partial charge in [0, 0.05) is 16.6 Å². The maximum absolute atomic E-state index is 10.1. The summed E-state index contributed by atoms with van der Waals surface area (Å²) in [5.41, 5.74) is 1.35. The van der Waals surface area contributed by atoms with E-state index in [2.05, 4.69) is 25.9 Å². The Morgan fingerprint density at radius 3 is 2.78 bits per heavy atom. The number of methoxy groups -OCH3 is 1. The van der Waals surface area contributed by atoms with Crippen molar-refractivity contribution in [3.05, 3.63) is 66.2 Å². The quantitative estimate of drug-likeness (QED) is 0.531. The van der Waals surface area contributed by atoms with Crippen LogP contribution < -0.4 is 10.1 Å². The van der Waals surface area contributed by atoms with Gasteiger partial charge in [0.05, 0.1) is 13.3 Å². The molecule has 27 heavy (non-hydrogen) atoms. The molecule has 0 unspecified atom stereocenters. The molecule has 0 bridgehead atoms. The number of nitrogens with zero attached hydrogens (tertiary/aromatic N) is 5. The predicted octanol–water partition coefficient (Wildman–Crippen LogP) is 3.17. The molecule has 0 amide bonds. The van der Waals surface area contributed by atoms with Gasteiger partial charge >= 0.3 is 0 Å². The van der Waals surface area contributed by atoms with E-state index in [1.54, 1.807) is 18.2 Å². The van der Waals surface area contributed by atoms with E-state index in [0.29, 0.717) is 17.3 Å². The van der Waals surface area contributed by atoms with Crippen LogP contribution in [0.1, 0.15) is 5.56 Å². The van der Waals surface area contributed by atoms with Crippen molar-refractivity contribution in [1.29, 1.82) is 0 Å². The molecule has 0 spiro atoms. The molecule has 1 aromatic heterocycles. The van der Waals surface area contributed by atoms with Gasteiger partial charge in [-0.05, 0) is 34.0 Å². The van der Waals surface area contributed by atoms with E-state index in [1.165, 1.54) is 18.1 Å². The van der Waals surface area contributed by atoms with Gasteiger partial charge in [-0.2, -0.15) is 5.10 Å². The molecule has 134 valence electrons. The molecule has 1 heterocycles. The molecule has 0 aliphatic carbocycles. The second kappa shape index (κ2) is 7.12. The maximum Gasteiger partial charge on any atom is 0.269 e. The molecule has 3 aromatic carbocycles.